The Hall–Kier alpha value is -1.87. The van der Waals surface area contributed by atoms with Crippen LogP contribution in [-0.2, 0) is 9.47 Å². The van der Waals surface area contributed by atoms with E-state index >= 15 is 0 Å². The molecular weight excluding hydrogens is 282 g/mol. The van der Waals surface area contributed by atoms with Gasteiger partial charge >= 0.3 is 0 Å². The Balaban J connectivity index is 2.10. The van der Waals surface area contributed by atoms with Crippen LogP contribution in [0.15, 0.2) is 35.2 Å². The van der Waals surface area contributed by atoms with Crippen LogP contribution in [0.1, 0.15) is 26.0 Å². The number of rotatable bonds is 3. The quantitative estimate of drug-likeness (QED) is 0.684. The van der Waals surface area contributed by atoms with Gasteiger partial charge in [0.05, 0.1) is 25.3 Å². The van der Waals surface area contributed by atoms with Gasteiger partial charge in [-0.25, -0.2) is 4.98 Å². The number of allylic oxidation sites excluding steroid dienone is 1. The molecule has 5 heteroatoms. The molecule has 1 aromatic heterocycles. The molecule has 5 nitrogen and oxygen atoms in total. The predicted molar refractivity (Wildman–Crippen MR) is 80.4 cm³/mol. The van der Waals surface area contributed by atoms with Crippen LogP contribution in [0.5, 0.6) is 0 Å². The van der Waals surface area contributed by atoms with Gasteiger partial charge in [0, 0.05) is 12.0 Å². The highest BCUT2D eigenvalue weighted by atomic mass is 16.7. The molecule has 1 aromatic rings. The first-order valence-corrected chi connectivity index (χ1v) is 7.32. The number of hydrogen-bond donors (Lipinski definition) is 1. The van der Waals surface area contributed by atoms with E-state index in [9.17, 15) is 5.11 Å². The first-order chi connectivity index (χ1) is 10.7. The average molecular weight is 301 g/mol. The molecule has 0 radical (unpaired) electrons. The van der Waals surface area contributed by atoms with Crippen molar-refractivity contribution in [3.8, 4) is 11.8 Å². The molecule has 116 valence electrons. The van der Waals surface area contributed by atoms with E-state index in [0.29, 0.717) is 25.4 Å². The fraction of sp³-hybridized carbons (Fsp3) is 0.471. The van der Waals surface area contributed by atoms with Gasteiger partial charge in [-0.1, -0.05) is 18.1 Å². The molecule has 1 spiro atoms. The molecule has 3 rings (SSSR count). The van der Waals surface area contributed by atoms with Gasteiger partial charge in [0.25, 0.3) is 0 Å². The van der Waals surface area contributed by atoms with Gasteiger partial charge in [0.15, 0.2) is 23.5 Å². The van der Waals surface area contributed by atoms with Gasteiger partial charge in [-0.3, -0.25) is 0 Å². The lowest BCUT2D eigenvalue weighted by Gasteiger charge is -2.38. The molecule has 0 amide bonds. The topological polar surface area (TPSA) is 64.7 Å². The van der Waals surface area contributed by atoms with Gasteiger partial charge < -0.3 is 19.0 Å². The van der Waals surface area contributed by atoms with Gasteiger partial charge in [-0.2, -0.15) is 0 Å². The van der Waals surface area contributed by atoms with E-state index in [2.05, 4.69) is 16.8 Å². The Morgan fingerprint density at radius 2 is 2.23 bits per heavy atom. The van der Waals surface area contributed by atoms with Crippen molar-refractivity contribution in [2.75, 3.05) is 13.2 Å². The SMILES string of the molecule is CC#C[C@@](O)(/C=C/C)[C@H]1C(c2cnco2)=CCC12OCCO2. The maximum atomic E-state index is 11.2. The third-order valence-electron chi connectivity index (χ3n) is 4.04. The second-order valence-electron chi connectivity index (χ2n) is 5.37. The molecule has 2 aliphatic rings. The minimum absolute atomic E-state index is 0.500. The third kappa shape index (κ3) is 2.30. The van der Waals surface area contributed by atoms with Gasteiger partial charge in [-0.05, 0) is 19.9 Å². The zero-order valence-electron chi connectivity index (χ0n) is 12.7. The van der Waals surface area contributed by atoms with Gasteiger partial charge in [0.1, 0.15) is 0 Å². The summed E-state index contributed by atoms with van der Waals surface area (Å²) in [6.07, 6.45) is 8.97. The molecule has 2 heterocycles. The summed E-state index contributed by atoms with van der Waals surface area (Å²) in [4.78, 5) is 3.97. The van der Waals surface area contributed by atoms with E-state index in [1.807, 2.05) is 13.0 Å². The lowest BCUT2D eigenvalue weighted by atomic mass is 9.78. The number of oxazole rings is 1. The molecule has 1 N–H and O–H groups in total. The Morgan fingerprint density at radius 3 is 2.82 bits per heavy atom. The van der Waals surface area contributed by atoms with E-state index in [1.165, 1.54) is 6.39 Å². The highest BCUT2D eigenvalue weighted by Gasteiger charge is 2.57. The van der Waals surface area contributed by atoms with Crippen LogP contribution < -0.4 is 0 Å². The van der Waals surface area contributed by atoms with Crippen LogP contribution in [0.3, 0.4) is 0 Å². The van der Waals surface area contributed by atoms with Crippen molar-refractivity contribution in [2.24, 2.45) is 5.92 Å². The molecular formula is C17H19NO4. The molecule has 0 bridgehead atoms. The van der Waals surface area contributed by atoms with E-state index < -0.39 is 17.3 Å². The van der Waals surface area contributed by atoms with E-state index in [0.717, 1.165) is 5.57 Å². The van der Waals surface area contributed by atoms with Crippen LogP contribution in [0.25, 0.3) is 5.57 Å². The van der Waals surface area contributed by atoms with Crippen LogP contribution >= 0.6 is 0 Å². The monoisotopic (exact) mass is 301 g/mol. The Labute approximate surface area is 129 Å². The summed E-state index contributed by atoms with van der Waals surface area (Å²) in [6, 6.07) is 0. The van der Waals surface area contributed by atoms with E-state index in [1.54, 1.807) is 25.3 Å². The minimum Gasteiger partial charge on any atom is -0.444 e. The summed E-state index contributed by atoms with van der Waals surface area (Å²) in [5, 5.41) is 11.2. The van der Waals surface area contributed by atoms with Crippen LogP contribution in [0.2, 0.25) is 0 Å². The number of aliphatic hydroxyl groups is 1. The molecule has 1 aliphatic heterocycles. The van der Waals surface area contributed by atoms with Crippen LogP contribution in [0.4, 0.5) is 0 Å². The van der Waals surface area contributed by atoms with Crippen molar-refractivity contribution in [3.63, 3.8) is 0 Å². The normalized spacial score (nSPS) is 26.0. The highest BCUT2D eigenvalue weighted by molar-refractivity contribution is 5.69. The fourth-order valence-electron chi connectivity index (χ4n) is 3.32. The summed E-state index contributed by atoms with van der Waals surface area (Å²) in [5.74, 6) is 4.90. The average Bonchev–Trinajstić information content (AvgIpc) is 3.21. The maximum absolute atomic E-state index is 11.2. The molecule has 0 aromatic carbocycles. The van der Waals surface area contributed by atoms with Crippen LogP contribution in [0, 0.1) is 17.8 Å². The molecule has 1 fully saturated rings. The number of ether oxygens (including phenoxy) is 2. The Bertz CT molecular complexity index is 644. The van der Waals surface area contributed by atoms with Gasteiger partial charge in [-0.15, -0.1) is 5.92 Å². The van der Waals surface area contributed by atoms with Crippen molar-refractivity contribution in [2.45, 2.75) is 31.7 Å². The van der Waals surface area contributed by atoms with Crippen molar-refractivity contribution in [1.29, 1.82) is 0 Å². The smallest absolute Gasteiger partial charge is 0.182 e. The van der Waals surface area contributed by atoms with E-state index in [4.69, 9.17) is 13.9 Å². The first kappa shape index (κ1) is 15.0. The second-order valence-corrected chi connectivity index (χ2v) is 5.37. The zero-order valence-corrected chi connectivity index (χ0v) is 12.7. The molecule has 2 atom stereocenters. The van der Waals surface area contributed by atoms with Crippen molar-refractivity contribution in [3.05, 3.63) is 36.6 Å². The lowest BCUT2D eigenvalue weighted by molar-refractivity contribution is -0.196. The fourth-order valence-corrected chi connectivity index (χ4v) is 3.32. The largest absolute Gasteiger partial charge is 0.444 e. The zero-order chi connectivity index (χ0) is 15.6. The summed E-state index contributed by atoms with van der Waals surface area (Å²) >= 11 is 0. The summed E-state index contributed by atoms with van der Waals surface area (Å²) < 4.78 is 17.2. The number of hydrogen-bond acceptors (Lipinski definition) is 5. The molecule has 1 saturated heterocycles. The Kier molecular flexibility index (Phi) is 3.92. The van der Waals surface area contributed by atoms with Crippen LogP contribution in [-0.4, -0.2) is 34.7 Å². The summed E-state index contributed by atoms with van der Waals surface area (Å²) in [7, 11) is 0. The first-order valence-electron chi connectivity index (χ1n) is 7.32. The Morgan fingerprint density at radius 1 is 1.45 bits per heavy atom. The number of nitrogens with zero attached hydrogens (tertiary/aromatic N) is 1. The minimum atomic E-state index is -1.40. The molecule has 22 heavy (non-hydrogen) atoms. The van der Waals surface area contributed by atoms with Crippen molar-refractivity contribution >= 4 is 5.57 Å². The number of aromatic nitrogens is 1. The standard InChI is InChI=1S/C17H19NO4/c1-3-6-16(19,7-4-2)15-13(14-11-18-12-20-14)5-8-17(15)21-9-10-22-17/h3,5-6,11-12,15,19H,8-10H2,1-2H3/b6-3+/t15-,16+/m1/s1. The summed E-state index contributed by atoms with van der Waals surface area (Å²) in [5.41, 5.74) is -0.592. The lowest BCUT2D eigenvalue weighted by Crippen LogP contribution is -2.49. The van der Waals surface area contributed by atoms with Gasteiger partial charge in [0.2, 0.25) is 0 Å². The van der Waals surface area contributed by atoms with Crippen molar-refractivity contribution < 1.29 is 19.0 Å². The maximum Gasteiger partial charge on any atom is 0.182 e. The predicted octanol–water partition coefficient (Wildman–Crippen LogP) is 2.15. The summed E-state index contributed by atoms with van der Waals surface area (Å²) in [6.45, 7) is 4.54. The second kappa shape index (κ2) is 5.73. The molecule has 0 unspecified atom stereocenters. The van der Waals surface area contributed by atoms with Crippen molar-refractivity contribution in [1.82, 2.24) is 4.98 Å². The molecule has 0 saturated carbocycles. The van der Waals surface area contributed by atoms with E-state index in [-0.39, 0.29) is 0 Å². The third-order valence-corrected chi connectivity index (χ3v) is 4.04. The highest BCUT2D eigenvalue weighted by Crippen LogP contribution is 2.51. The molecule has 1 aliphatic carbocycles.